The number of hydrogen-bond donors (Lipinski definition) is 0. The molecule has 0 nitrogen and oxygen atoms in total. The second kappa shape index (κ2) is 8.94. The molecule has 0 N–H and O–H groups in total. The first-order chi connectivity index (χ1) is 12.2. The molecule has 0 bridgehead atoms. The van der Waals surface area contributed by atoms with E-state index in [0.717, 1.165) is 24.0 Å². The predicted octanol–water partition coefficient (Wildman–Crippen LogP) is 7.34. The van der Waals surface area contributed by atoms with E-state index in [4.69, 9.17) is 0 Å². The summed E-state index contributed by atoms with van der Waals surface area (Å²) in [4.78, 5) is 0. The lowest BCUT2D eigenvalue weighted by Gasteiger charge is -2.14. The summed E-state index contributed by atoms with van der Waals surface area (Å²) in [6, 6.07) is 16.4. The van der Waals surface area contributed by atoms with Gasteiger partial charge in [-0.3, -0.25) is 0 Å². The third-order valence-corrected chi connectivity index (χ3v) is 7.07. The van der Waals surface area contributed by atoms with Crippen LogP contribution in [0.15, 0.2) is 42.5 Å². The van der Waals surface area contributed by atoms with E-state index in [1.807, 2.05) is 0 Å². The standard InChI is InChI=1S/C24H32S/c1-4-18(3)7-6-8-24-23-16-21(13-14-22(23)17-25-24)15-20-11-9-19(5-2)10-12-20/h9-14,16,18,24H,4-8,15,17H2,1-3H3. The van der Waals surface area contributed by atoms with Crippen molar-refractivity contribution in [3.63, 3.8) is 0 Å². The average molecular weight is 353 g/mol. The summed E-state index contributed by atoms with van der Waals surface area (Å²) in [6.45, 7) is 6.91. The number of benzene rings is 2. The van der Waals surface area contributed by atoms with E-state index in [2.05, 4.69) is 75.0 Å². The van der Waals surface area contributed by atoms with Crippen LogP contribution in [0.4, 0.5) is 0 Å². The Balaban J connectivity index is 1.64. The summed E-state index contributed by atoms with van der Waals surface area (Å²) >= 11 is 2.15. The van der Waals surface area contributed by atoms with E-state index < -0.39 is 0 Å². The molecule has 2 aromatic rings. The Hall–Kier alpha value is -1.21. The lowest BCUT2D eigenvalue weighted by atomic mass is 9.94. The van der Waals surface area contributed by atoms with Crippen molar-refractivity contribution in [2.45, 2.75) is 70.3 Å². The van der Waals surface area contributed by atoms with E-state index in [0.29, 0.717) is 0 Å². The van der Waals surface area contributed by atoms with Crippen LogP contribution in [0.3, 0.4) is 0 Å². The first-order valence-electron chi connectivity index (χ1n) is 10.0. The van der Waals surface area contributed by atoms with Crippen LogP contribution in [0, 0.1) is 5.92 Å². The molecule has 0 saturated heterocycles. The van der Waals surface area contributed by atoms with Gasteiger partial charge in [-0.15, -0.1) is 11.8 Å². The smallest absolute Gasteiger partial charge is 0.0303 e. The topological polar surface area (TPSA) is 0 Å². The first kappa shape index (κ1) is 18.6. The van der Waals surface area contributed by atoms with Crippen molar-refractivity contribution in [1.82, 2.24) is 0 Å². The maximum Gasteiger partial charge on any atom is 0.0303 e. The molecule has 1 heteroatoms. The zero-order valence-electron chi connectivity index (χ0n) is 16.1. The van der Waals surface area contributed by atoms with Gasteiger partial charge in [-0.05, 0) is 53.0 Å². The molecule has 1 aliphatic rings. The molecule has 2 aromatic carbocycles. The van der Waals surface area contributed by atoms with Gasteiger partial charge in [0.25, 0.3) is 0 Å². The summed E-state index contributed by atoms with van der Waals surface area (Å²) in [5.41, 5.74) is 7.52. The maximum atomic E-state index is 2.50. The highest BCUT2D eigenvalue weighted by atomic mass is 32.2. The van der Waals surface area contributed by atoms with E-state index in [-0.39, 0.29) is 0 Å². The Labute approximate surface area is 158 Å². The summed E-state index contributed by atoms with van der Waals surface area (Å²) in [5, 5.41) is 0.724. The maximum absolute atomic E-state index is 2.50. The Morgan fingerprint density at radius 1 is 1.00 bits per heavy atom. The summed E-state index contributed by atoms with van der Waals surface area (Å²) in [7, 11) is 0. The quantitative estimate of drug-likeness (QED) is 0.479. The number of fused-ring (bicyclic) bond motifs is 1. The van der Waals surface area contributed by atoms with E-state index in [1.54, 1.807) is 11.1 Å². The molecule has 3 rings (SSSR count). The van der Waals surface area contributed by atoms with Gasteiger partial charge in [0.05, 0.1) is 0 Å². The third-order valence-electron chi connectivity index (χ3n) is 5.70. The minimum Gasteiger partial charge on any atom is -0.149 e. The van der Waals surface area contributed by atoms with Crippen molar-refractivity contribution in [3.05, 3.63) is 70.3 Å². The lowest BCUT2D eigenvalue weighted by molar-refractivity contribution is 0.483. The van der Waals surface area contributed by atoms with Gasteiger partial charge in [-0.25, -0.2) is 0 Å². The molecule has 134 valence electrons. The third kappa shape index (κ3) is 4.91. The molecule has 0 radical (unpaired) electrons. The Kier molecular flexibility index (Phi) is 6.64. The normalized spacial score (nSPS) is 17.5. The predicted molar refractivity (Wildman–Crippen MR) is 112 cm³/mol. The van der Waals surface area contributed by atoms with Gasteiger partial charge in [-0.1, -0.05) is 82.5 Å². The zero-order valence-corrected chi connectivity index (χ0v) is 16.9. The van der Waals surface area contributed by atoms with Crippen LogP contribution >= 0.6 is 11.8 Å². The zero-order chi connectivity index (χ0) is 17.6. The Bertz CT molecular complexity index is 671. The number of hydrogen-bond acceptors (Lipinski definition) is 1. The SMILES string of the molecule is CCc1ccc(Cc2ccc3c(c2)C(CCCC(C)CC)SC3)cc1. The summed E-state index contributed by atoms with van der Waals surface area (Å²) in [6.07, 6.45) is 7.59. The molecule has 1 aliphatic heterocycles. The van der Waals surface area contributed by atoms with E-state index in [9.17, 15) is 0 Å². The van der Waals surface area contributed by atoms with Gasteiger partial charge in [0, 0.05) is 11.0 Å². The fourth-order valence-electron chi connectivity index (χ4n) is 3.69. The largest absolute Gasteiger partial charge is 0.149 e. The fourth-order valence-corrected chi connectivity index (χ4v) is 5.06. The Morgan fingerprint density at radius 3 is 2.44 bits per heavy atom. The molecule has 2 unspecified atom stereocenters. The monoisotopic (exact) mass is 352 g/mol. The average Bonchev–Trinajstić information content (AvgIpc) is 3.04. The van der Waals surface area contributed by atoms with Crippen LogP contribution in [0.25, 0.3) is 0 Å². The molecule has 0 saturated carbocycles. The second-order valence-corrected chi connectivity index (χ2v) is 8.82. The van der Waals surface area contributed by atoms with Gasteiger partial charge in [-0.2, -0.15) is 0 Å². The van der Waals surface area contributed by atoms with Gasteiger partial charge in [0.1, 0.15) is 0 Å². The van der Waals surface area contributed by atoms with Crippen LogP contribution in [0.1, 0.15) is 79.5 Å². The lowest BCUT2D eigenvalue weighted by Crippen LogP contribution is -1.97. The van der Waals surface area contributed by atoms with E-state index >= 15 is 0 Å². The molecule has 0 aliphatic carbocycles. The van der Waals surface area contributed by atoms with Gasteiger partial charge in [0.15, 0.2) is 0 Å². The van der Waals surface area contributed by atoms with Crippen LogP contribution in [-0.2, 0) is 18.6 Å². The molecular weight excluding hydrogens is 320 g/mol. The van der Waals surface area contributed by atoms with Crippen molar-refractivity contribution < 1.29 is 0 Å². The highest BCUT2D eigenvalue weighted by molar-refractivity contribution is 7.99. The van der Waals surface area contributed by atoms with Crippen molar-refractivity contribution in [1.29, 1.82) is 0 Å². The molecule has 0 amide bonds. The van der Waals surface area contributed by atoms with Gasteiger partial charge < -0.3 is 0 Å². The van der Waals surface area contributed by atoms with Crippen LogP contribution < -0.4 is 0 Å². The molecule has 0 aromatic heterocycles. The first-order valence-corrected chi connectivity index (χ1v) is 11.1. The molecular formula is C24H32S. The minimum absolute atomic E-state index is 0.724. The number of aryl methyl sites for hydroxylation is 1. The summed E-state index contributed by atoms with van der Waals surface area (Å²) < 4.78 is 0. The van der Waals surface area contributed by atoms with E-state index in [1.165, 1.54) is 48.1 Å². The van der Waals surface area contributed by atoms with Gasteiger partial charge >= 0.3 is 0 Å². The van der Waals surface area contributed by atoms with Crippen molar-refractivity contribution in [3.8, 4) is 0 Å². The number of thioether (sulfide) groups is 1. The molecule has 0 spiro atoms. The van der Waals surface area contributed by atoms with Crippen molar-refractivity contribution in [2.24, 2.45) is 5.92 Å². The minimum atomic E-state index is 0.724. The second-order valence-electron chi connectivity index (χ2n) is 7.62. The Morgan fingerprint density at radius 2 is 1.72 bits per heavy atom. The number of rotatable bonds is 8. The molecule has 2 atom stereocenters. The van der Waals surface area contributed by atoms with Crippen molar-refractivity contribution >= 4 is 11.8 Å². The van der Waals surface area contributed by atoms with Crippen LogP contribution in [-0.4, -0.2) is 0 Å². The summed E-state index contributed by atoms with van der Waals surface area (Å²) in [5.74, 6) is 2.08. The molecule has 1 heterocycles. The molecule has 25 heavy (non-hydrogen) atoms. The highest BCUT2D eigenvalue weighted by Crippen LogP contribution is 2.45. The molecule has 0 fully saturated rings. The van der Waals surface area contributed by atoms with Crippen molar-refractivity contribution in [2.75, 3.05) is 0 Å². The van der Waals surface area contributed by atoms with Crippen LogP contribution in [0.5, 0.6) is 0 Å². The highest BCUT2D eigenvalue weighted by Gasteiger charge is 2.23. The van der Waals surface area contributed by atoms with Crippen LogP contribution in [0.2, 0.25) is 0 Å². The van der Waals surface area contributed by atoms with Gasteiger partial charge in [0.2, 0.25) is 0 Å². The fraction of sp³-hybridized carbons (Fsp3) is 0.500.